The predicted octanol–water partition coefficient (Wildman–Crippen LogP) is 5.38. The molecule has 0 saturated carbocycles. The van der Waals surface area contributed by atoms with Gasteiger partial charge in [0.15, 0.2) is 0 Å². The van der Waals surface area contributed by atoms with Crippen molar-refractivity contribution in [3.8, 4) is 0 Å². The topological polar surface area (TPSA) is 12.0 Å². The van der Waals surface area contributed by atoms with Gasteiger partial charge in [0.05, 0.1) is 10.0 Å². The van der Waals surface area contributed by atoms with Gasteiger partial charge in [-0.2, -0.15) is 13.2 Å². The van der Waals surface area contributed by atoms with Gasteiger partial charge in [-0.15, -0.1) is 0 Å². The van der Waals surface area contributed by atoms with Crippen LogP contribution in [0.3, 0.4) is 0 Å². The lowest BCUT2D eigenvalue weighted by atomic mass is 10.0. The maximum atomic E-state index is 12.3. The van der Waals surface area contributed by atoms with Crippen molar-refractivity contribution in [2.45, 2.75) is 38.4 Å². The number of halogens is 5. The Labute approximate surface area is 121 Å². The van der Waals surface area contributed by atoms with Crippen LogP contribution in [-0.2, 0) is 0 Å². The number of nitrogens with one attached hydrogen (secondary N) is 1. The predicted molar refractivity (Wildman–Crippen MR) is 72.8 cm³/mol. The average Bonchev–Trinajstić information content (AvgIpc) is 2.32. The average molecular weight is 314 g/mol. The molecule has 0 amide bonds. The lowest BCUT2D eigenvalue weighted by Crippen LogP contribution is -2.24. The highest BCUT2D eigenvalue weighted by Gasteiger charge is 2.28. The van der Waals surface area contributed by atoms with Gasteiger partial charge in [-0.25, -0.2) is 0 Å². The third kappa shape index (κ3) is 6.02. The van der Waals surface area contributed by atoms with Crippen molar-refractivity contribution in [3.05, 3.63) is 33.8 Å². The van der Waals surface area contributed by atoms with Crippen molar-refractivity contribution < 1.29 is 13.2 Å². The molecule has 0 aromatic heterocycles. The van der Waals surface area contributed by atoms with E-state index in [1.807, 2.05) is 6.92 Å². The first-order chi connectivity index (χ1) is 8.83. The quantitative estimate of drug-likeness (QED) is 0.743. The van der Waals surface area contributed by atoms with Crippen LogP contribution in [-0.4, -0.2) is 12.7 Å². The van der Waals surface area contributed by atoms with E-state index in [4.69, 9.17) is 23.2 Å². The number of hydrogen-bond acceptors (Lipinski definition) is 1. The second kappa shape index (κ2) is 7.36. The summed E-state index contributed by atoms with van der Waals surface area (Å²) in [5.74, 6) is 0. The minimum absolute atomic E-state index is 0.0124. The zero-order chi connectivity index (χ0) is 14.5. The van der Waals surface area contributed by atoms with Crippen LogP contribution < -0.4 is 5.32 Å². The van der Waals surface area contributed by atoms with E-state index >= 15 is 0 Å². The molecule has 1 rings (SSSR count). The fraction of sp³-hybridized carbons (Fsp3) is 0.538. The molecule has 1 aromatic carbocycles. The first-order valence-corrected chi connectivity index (χ1v) is 6.84. The zero-order valence-corrected chi connectivity index (χ0v) is 12.0. The van der Waals surface area contributed by atoms with E-state index in [1.165, 1.54) is 0 Å². The fourth-order valence-corrected chi connectivity index (χ4v) is 2.05. The highest BCUT2D eigenvalue weighted by Crippen LogP contribution is 2.30. The van der Waals surface area contributed by atoms with Crippen LogP contribution in [0.5, 0.6) is 0 Å². The fourth-order valence-electron chi connectivity index (χ4n) is 1.74. The zero-order valence-electron chi connectivity index (χ0n) is 10.5. The van der Waals surface area contributed by atoms with Crippen LogP contribution in [0.2, 0.25) is 10.0 Å². The molecule has 0 bridgehead atoms. The molecule has 0 aliphatic heterocycles. The lowest BCUT2D eigenvalue weighted by Gasteiger charge is -2.20. The van der Waals surface area contributed by atoms with Crippen molar-refractivity contribution in [3.63, 3.8) is 0 Å². The molecule has 108 valence electrons. The molecule has 0 aliphatic carbocycles. The molecule has 0 radical (unpaired) electrons. The molecule has 1 atom stereocenters. The van der Waals surface area contributed by atoms with Gasteiger partial charge >= 0.3 is 6.18 Å². The van der Waals surface area contributed by atoms with Gasteiger partial charge in [0, 0.05) is 12.5 Å². The summed E-state index contributed by atoms with van der Waals surface area (Å²) in [6.45, 7) is 2.62. The van der Waals surface area contributed by atoms with Crippen molar-refractivity contribution in [2.75, 3.05) is 6.54 Å². The second-order valence-electron chi connectivity index (χ2n) is 4.33. The Morgan fingerprint density at radius 2 is 1.89 bits per heavy atom. The molecule has 19 heavy (non-hydrogen) atoms. The van der Waals surface area contributed by atoms with E-state index < -0.39 is 12.6 Å². The molecule has 0 spiro atoms. The lowest BCUT2D eigenvalue weighted by molar-refractivity contribution is -0.136. The SMILES string of the molecule is CCCNC(CCC(F)(F)F)c1ccc(Cl)c(Cl)c1. The summed E-state index contributed by atoms with van der Waals surface area (Å²) in [7, 11) is 0. The van der Waals surface area contributed by atoms with Crippen molar-refractivity contribution in [2.24, 2.45) is 0 Å². The number of alkyl halides is 3. The van der Waals surface area contributed by atoms with E-state index in [0.29, 0.717) is 16.6 Å². The van der Waals surface area contributed by atoms with Crippen molar-refractivity contribution >= 4 is 23.2 Å². The molecule has 0 heterocycles. The molecule has 1 N–H and O–H groups in total. The van der Waals surface area contributed by atoms with E-state index in [9.17, 15) is 13.2 Å². The molecule has 0 fully saturated rings. The summed E-state index contributed by atoms with van der Waals surface area (Å²) < 4.78 is 37.0. The molecular weight excluding hydrogens is 298 g/mol. The second-order valence-corrected chi connectivity index (χ2v) is 5.15. The molecule has 1 nitrogen and oxygen atoms in total. The van der Waals surface area contributed by atoms with Gasteiger partial charge in [-0.3, -0.25) is 0 Å². The Balaban J connectivity index is 2.79. The summed E-state index contributed by atoms with van der Waals surface area (Å²) in [4.78, 5) is 0. The van der Waals surface area contributed by atoms with Gasteiger partial charge < -0.3 is 5.32 Å². The minimum Gasteiger partial charge on any atom is -0.310 e. The monoisotopic (exact) mass is 313 g/mol. The molecule has 6 heteroatoms. The van der Waals surface area contributed by atoms with Gasteiger partial charge in [0.1, 0.15) is 0 Å². The normalized spacial score (nSPS) is 13.6. The Morgan fingerprint density at radius 3 is 2.42 bits per heavy atom. The van der Waals surface area contributed by atoms with Crippen LogP contribution in [0.1, 0.15) is 37.8 Å². The summed E-state index contributed by atoms with van der Waals surface area (Å²) in [5, 5.41) is 3.86. The van der Waals surface area contributed by atoms with E-state index in [1.54, 1.807) is 18.2 Å². The maximum absolute atomic E-state index is 12.3. The Kier molecular flexibility index (Phi) is 6.43. The molecule has 1 aromatic rings. The minimum atomic E-state index is -4.15. The summed E-state index contributed by atoms with van der Waals surface area (Å²) in [5.41, 5.74) is 0.729. The van der Waals surface area contributed by atoms with Crippen LogP contribution in [0.4, 0.5) is 13.2 Å². The van der Waals surface area contributed by atoms with Crippen molar-refractivity contribution in [1.29, 1.82) is 0 Å². The maximum Gasteiger partial charge on any atom is 0.389 e. The summed E-state index contributed by atoms with van der Waals surface area (Å²) in [6, 6.07) is 4.57. The number of rotatable bonds is 6. The smallest absolute Gasteiger partial charge is 0.310 e. The van der Waals surface area contributed by atoms with Gasteiger partial charge in [0.2, 0.25) is 0 Å². The highest BCUT2D eigenvalue weighted by atomic mass is 35.5. The molecular formula is C13H16Cl2F3N. The molecule has 0 saturated heterocycles. The summed E-state index contributed by atoms with van der Waals surface area (Å²) in [6.07, 6.45) is -4.14. The van der Waals surface area contributed by atoms with Gasteiger partial charge in [-0.1, -0.05) is 36.2 Å². The first kappa shape index (κ1) is 16.6. The number of benzene rings is 1. The van der Waals surface area contributed by atoms with E-state index in [-0.39, 0.29) is 12.5 Å². The van der Waals surface area contributed by atoms with E-state index in [0.717, 1.165) is 12.0 Å². The van der Waals surface area contributed by atoms with Crippen LogP contribution >= 0.6 is 23.2 Å². The summed E-state index contributed by atoms with van der Waals surface area (Å²) >= 11 is 11.7. The third-order valence-electron chi connectivity index (χ3n) is 2.70. The largest absolute Gasteiger partial charge is 0.389 e. The van der Waals surface area contributed by atoms with E-state index in [2.05, 4.69) is 5.32 Å². The Hall–Kier alpha value is -0.450. The van der Waals surface area contributed by atoms with Crippen LogP contribution in [0.25, 0.3) is 0 Å². The molecule has 1 unspecified atom stereocenters. The molecule has 0 aliphatic rings. The number of hydrogen-bond donors (Lipinski definition) is 1. The standard InChI is InChI=1S/C13H16Cl2F3N/c1-2-7-19-12(5-6-13(16,17)18)9-3-4-10(14)11(15)8-9/h3-4,8,12,19H,2,5-7H2,1H3. The first-order valence-electron chi connectivity index (χ1n) is 6.08. The highest BCUT2D eigenvalue weighted by molar-refractivity contribution is 6.42. The van der Waals surface area contributed by atoms with Gasteiger partial charge in [0.25, 0.3) is 0 Å². The van der Waals surface area contributed by atoms with Crippen LogP contribution in [0, 0.1) is 0 Å². The van der Waals surface area contributed by atoms with Crippen LogP contribution in [0.15, 0.2) is 18.2 Å². The Morgan fingerprint density at radius 1 is 1.21 bits per heavy atom. The Bertz CT molecular complexity index is 407. The van der Waals surface area contributed by atoms with Gasteiger partial charge in [-0.05, 0) is 37.1 Å². The van der Waals surface area contributed by atoms with Crippen molar-refractivity contribution in [1.82, 2.24) is 5.32 Å². The third-order valence-corrected chi connectivity index (χ3v) is 3.44.